The van der Waals surface area contributed by atoms with Crippen LogP contribution >= 0.6 is 0 Å². The van der Waals surface area contributed by atoms with Gasteiger partial charge in [0.25, 0.3) is 5.92 Å². The minimum atomic E-state index is -2.54. The van der Waals surface area contributed by atoms with E-state index in [4.69, 9.17) is 31.0 Å². The van der Waals surface area contributed by atoms with Gasteiger partial charge in [-0.05, 0) is 80.8 Å². The maximum absolute atomic E-state index is 17.8. The number of rotatable bonds is 9. The van der Waals surface area contributed by atoms with E-state index < -0.39 is 23.0 Å². The number of phenols is 1. The van der Waals surface area contributed by atoms with Crippen molar-refractivity contribution in [2.24, 2.45) is 23.8 Å². The first kappa shape index (κ1) is 36.4. The number of anilines is 1. The van der Waals surface area contributed by atoms with Gasteiger partial charge in [0.2, 0.25) is 0 Å². The highest BCUT2D eigenvalue weighted by Gasteiger charge is 2.70. The number of phenolic OH excluding ortho intramolecular Hbond substituents is 1. The lowest BCUT2D eigenvalue weighted by Crippen LogP contribution is -2.56. The van der Waals surface area contributed by atoms with E-state index in [1.165, 1.54) is 24.3 Å². The quantitative estimate of drug-likeness (QED) is 0.127. The third-order valence-electron chi connectivity index (χ3n) is 14.3. The Kier molecular flexibility index (Phi) is 8.09. The molecule has 2 atom stereocenters. The van der Waals surface area contributed by atoms with E-state index in [2.05, 4.69) is 20.6 Å². The molecule has 58 heavy (non-hydrogen) atoms. The average molecular weight is 796 g/mol. The monoisotopic (exact) mass is 795 g/mol. The first-order chi connectivity index (χ1) is 27.9. The summed E-state index contributed by atoms with van der Waals surface area (Å²) in [5, 5.41) is 17.5. The van der Waals surface area contributed by atoms with Crippen molar-refractivity contribution in [1.29, 1.82) is 0 Å². The summed E-state index contributed by atoms with van der Waals surface area (Å²) in [4.78, 5) is 17.1. The van der Waals surface area contributed by atoms with E-state index >= 15 is 8.78 Å². The number of halogens is 4. The number of fused-ring (bicyclic) bond motifs is 6. The summed E-state index contributed by atoms with van der Waals surface area (Å²) in [6.07, 6.45) is 12.6. The molecular weight excluding hydrogens is 751 g/mol. The third-order valence-corrected chi connectivity index (χ3v) is 14.3. The summed E-state index contributed by atoms with van der Waals surface area (Å²) >= 11 is 0. The molecule has 0 radical (unpaired) electrons. The molecule has 2 aromatic heterocycles. The second-order valence-corrected chi connectivity index (χ2v) is 18.1. The number of aryl methyl sites for hydroxylation is 1. The molecule has 4 saturated heterocycles. The summed E-state index contributed by atoms with van der Waals surface area (Å²) in [5.41, 5.74) is -0.453. The van der Waals surface area contributed by atoms with Crippen LogP contribution in [-0.4, -0.2) is 112 Å². The second kappa shape index (κ2) is 12.9. The number of alkyl halides is 2. The van der Waals surface area contributed by atoms with Crippen LogP contribution in [0.1, 0.15) is 50.5 Å². The molecule has 2 saturated carbocycles. The highest BCUT2D eigenvalue weighted by atomic mass is 19.3. The van der Waals surface area contributed by atoms with Gasteiger partial charge in [-0.15, -0.1) is 6.42 Å². The Labute approximate surface area is 333 Å². The normalized spacial score (nSPS) is 24.8. The fourth-order valence-electron chi connectivity index (χ4n) is 10.6. The van der Waals surface area contributed by atoms with E-state index in [-0.39, 0.29) is 51.2 Å². The van der Waals surface area contributed by atoms with Gasteiger partial charge in [0.1, 0.15) is 28.4 Å². The molecule has 11 rings (SSSR count). The van der Waals surface area contributed by atoms with Gasteiger partial charge in [0.15, 0.2) is 5.82 Å². The molecule has 1 spiro atoms. The fraction of sp³-hybridized carbons (Fsp3) is 0.523. The standard InChI is InChI=1S/C44H45F4N7O3/c1-3-30-33(45)7-4-26-14-29(56)15-31(34(26)30)35-37(46)39-36(32-19-52(2)51-38(32)35)40(54-17-27-5-6-28(18-54)55(27)16-25-20-57-21-25)50-41(49-39)58-24-42(8-9-42)23-53-12-10-43(11-13-53)22-44(43,47)48/h1,4,7,14-15,19,25,27-28,56H,5-6,8-13,16-18,20-24H2,2H3. The van der Waals surface area contributed by atoms with Gasteiger partial charge in [-0.2, -0.15) is 15.1 Å². The summed E-state index contributed by atoms with van der Waals surface area (Å²) in [6, 6.07) is 6.27. The van der Waals surface area contributed by atoms with Gasteiger partial charge in [0.05, 0.1) is 30.8 Å². The number of nitrogens with zero attached hydrogens (tertiary/aromatic N) is 7. The lowest BCUT2D eigenvalue weighted by atomic mass is 9.91. The molecular formula is C44H45F4N7O3. The maximum atomic E-state index is 17.8. The van der Waals surface area contributed by atoms with Crippen LogP contribution in [0.4, 0.5) is 23.4 Å². The minimum Gasteiger partial charge on any atom is -0.508 e. The van der Waals surface area contributed by atoms with Crippen molar-refractivity contribution >= 4 is 38.4 Å². The molecule has 3 aromatic carbocycles. The summed E-state index contributed by atoms with van der Waals surface area (Å²) < 4.78 is 75.0. The molecule has 302 valence electrons. The Morgan fingerprint density at radius 1 is 1.00 bits per heavy atom. The molecule has 6 fully saturated rings. The Balaban J connectivity index is 1.01. The first-order valence-corrected chi connectivity index (χ1v) is 20.5. The summed E-state index contributed by atoms with van der Waals surface area (Å²) in [6.45, 7) is 6.29. The van der Waals surface area contributed by atoms with Gasteiger partial charge in [0, 0.05) is 91.0 Å². The summed E-state index contributed by atoms with van der Waals surface area (Å²) in [7, 11) is 1.76. The van der Waals surface area contributed by atoms with Gasteiger partial charge < -0.3 is 24.4 Å². The zero-order chi connectivity index (χ0) is 39.7. The van der Waals surface area contributed by atoms with E-state index in [1.54, 1.807) is 11.7 Å². The van der Waals surface area contributed by atoms with Crippen LogP contribution in [0.2, 0.25) is 0 Å². The SMILES string of the molecule is C#Cc1c(F)ccc2cc(O)cc(-c3c(F)c4nc(OCC5(CN6CCC7(CC6)CC7(F)F)CC5)nc(N5CC6CCC(C5)N6CC5COC5)c4c4cn(C)nc34)c12. The van der Waals surface area contributed by atoms with Crippen LogP contribution in [0.15, 0.2) is 30.5 Å². The Morgan fingerprint density at radius 3 is 2.40 bits per heavy atom. The van der Waals surface area contributed by atoms with Gasteiger partial charge in [-0.1, -0.05) is 12.0 Å². The van der Waals surface area contributed by atoms with Crippen molar-refractivity contribution in [1.82, 2.24) is 29.5 Å². The predicted molar refractivity (Wildman–Crippen MR) is 211 cm³/mol. The van der Waals surface area contributed by atoms with Crippen molar-refractivity contribution in [2.75, 3.05) is 64.0 Å². The second-order valence-electron chi connectivity index (χ2n) is 18.1. The van der Waals surface area contributed by atoms with E-state index in [0.717, 1.165) is 52.0 Å². The molecule has 2 unspecified atom stereocenters. The number of terminal acetylenes is 1. The van der Waals surface area contributed by atoms with Crippen LogP contribution in [0.3, 0.4) is 0 Å². The average Bonchev–Trinajstić information content (AvgIpc) is 3.97. The van der Waals surface area contributed by atoms with E-state index in [0.29, 0.717) is 91.1 Å². The highest BCUT2D eigenvalue weighted by Crippen LogP contribution is 2.66. The molecule has 6 aliphatic rings. The molecule has 14 heteroatoms. The topological polar surface area (TPSA) is 92.0 Å². The number of hydrogen-bond donors (Lipinski definition) is 1. The van der Waals surface area contributed by atoms with Crippen LogP contribution in [-0.2, 0) is 11.8 Å². The molecule has 2 bridgehead atoms. The zero-order valence-electron chi connectivity index (χ0n) is 32.4. The van der Waals surface area contributed by atoms with Crippen LogP contribution in [0.5, 0.6) is 11.8 Å². The van der Waals surface area contributed by atoms with Gasteiger partial charge in [-0.25, -0.2) is 17.6 Å². The number of hydrogen-bond acceptors (Lipinski definition) is 9. The number of benzene rings is 3. The van der Waals surface area contributed by atoms with Crippen molar-refractivity contribution < 1.29 is 32.1 Å². The van der Waals surface area contributed by atoms with Gasteiger partial charge >= 0.3 is 6.01 Å². The fourth-order valence-corrected chi connectivity index (χ4v) is 10.6. The third kappa shape index (κ3) is 5.74. The van der Waals surface area contributed by atoms with Crippen molar-refractivity contribution in [3.05, 3.63) is 47.7 Å². The maximum Gasteiger partial charge on any atom is 0.319 e. The number of aromatic nitrogens is 4. The number of aromatic hydroxyl groups is 1. The van der Waals surface area contributed by atoms with Crippen molar-refractivity contribution in [3.63, 3.8) is 0 Å². The van der Waals surface area contributed by atoms with Crippen LogP contribution < -0.4 is 9.64 Å². The Bertz CT molecular complexity index is 2540. The largest absolute Gasteiger partial charge is 0.508 e. The number of piperidine rings is 1. The van der Waals surface area contributed by atoms with Crippen LogP contribution in [0, 0.1) is 40.7 Å². The lowest BCUT2D eigenvalue weighted by Gasteiger charge is -2.44. The smallest absolute Gasteiger partial charge is 0.319 e. The number of likely N-dealkylation sites (tertiary alicyclic amines) is 1. The molecule has 1 N–H and O–H groups in total. The Morgan fingerprint density at radius 2 is 1.74 bits per heavy atom. The molecule has 0 amide bonds. The lowest BCUT2D eigenvalue weighted by molar-refractivity contribution is -0.0538. The summed E-state index contributed by atoms with van der Waals surface area (Å²) in [5.74, 6) is -0.470. The number of ether oxygens (including phenoxy) is 2. The van der Waals surface area contributed by atoms with Crippen molar-refractivity contribution in [3.8, 4) is 35.2 Å². The van der Waals surface area contributed by atoms with Gasteiger partial charge in [-0.3, -0.25) is 9.58 Å². The first-order valence-electron chi connectivity index (χ1n) is 20.5. The zero-order valence-corrected chi connectivity index (χ0v) is 32.4. The predicted octanol–water partition coefficient (Wildman–Crippen LogP) is 6.88. The van der Waals surface area contributed by atoms with E-state index in [9.17, 15) is 13.9 Å². The van der Waals surface area contributed by atoms with Crippen molar-refractivity contribution in [2.45, 2.75) is 63.0 Å². The molecule has 2 aliphatic carbocycles. The molecule has 6 heterocycles. The van der Waals surface area contributed by atoms with Crippen LogP contribution in [0.25, 0.3) is 43.7 Å². The highest BCUT2D eigenvalue weighted by molar-refractivity contribution is 6.18. The van der Waals surface area contributed by atoms with E-state index in [1.807, 2.05) is 6.20 Å². The molecule has 4 aliphatic heterocycles. The number of piperazine rings is 1. The molecule has 5 aromatic rings. The minimum absolute atomic E-state index is 0.00297. The Hall–Kier alpha value is -4.71. The molecule has 10 nitrogen and oxygen atoms in total.